The van der Waals surface area contributed by atoms with E-state index in [0.29, 0.717) is 0 Å². The van der Waals surface area contributed by atoms with Crippen LogP contribution in [-0.2, 0) is 30.5 Å². The van der Waals surface area contributed by atoms with Crippen LogP contribution >= 0.6 is 0 Å². The molecule has 1 atom stereocenters. The number of imidazole rings is 1. The van der Waals surface area contributed by atoms with Gasteiger partial charge in [0.15, 0.2) is 28.9 Å². The molecule has 0 fully saturated rings. The quantitative estimate of drug-likeness (QED) is 0.443. The van der Waals surface area contributed by atoms with Crippen LogP contribution in [0.2, 0.25) is 0 Å². The van der Waals surface area contributed by atoms with E-state index >= 15 is 0 Å². The van der Waals surface area contributed by atoms with Gasteiger partial charge in [-0.25, -0.2) is 4.98 Å². The molecule has 0 aliphatic rings. The first-order valence-corrected chi connectivity index (χ1v) is 7.84. The summed E-state index contributed by atoms with van der Waals surface area (Å²) in [5.74, 6) is -1.71. The van der Waals surface area contributed by atoms with Crippen molar-refractivity contribution in [3.63, 3.8) is 0 Å². The number of ketones is 1. The van der Waals surface area contributed by atoms with Gasteiger partial charge in [0.25, 0.3) is 5.56 Å². The van der Waals surface area contributed by atoms with Gasteiger partial charge in [-0.3, -0.25) is 28.7 Å². The lowest BCUT2D eigenvalue weighted by Crippen LogP contribution is -2.29. The molecule has 3 N–H and O–H groups in total. The molecule has 0 bridgehead atoms. The second kappa shape index (κ2) is 8.40. The van der Waals surface area contributed by atoms with Crippen LogP contribution in [-0.4, -0.2) is 56.6 Å². The predicted molar refractivity (Wildman–Crippen MR) is 90.7 cm³/mol. The maximum absolute atomic E-state index is 11.9. The summed E-state index contributed by atoms with van der Waals surface area (Å²) in [6.45, 7) is 3.15. The molecule has 27 heavy (non-hydrogen) atoms. The lowest BCUT2D eigenvalue weighted by Gasteiger charge is -2.17. The highest BCUT2D eigenvalue weighted by molar-refractivity contribution is 5.94. The van der Waals surface area contributed by atoms with Crippen LogP contribution in [0.3, 0.4) is 0 Å². The van der Waals surface area contributed by atoms with Crippen LogP contribution in [0.5, 0.6) is 0 Å². The standard InChI is InChI=1S/C15H19N5O7/c1-7(21)12-17-11-13(18-15(16)19-14(11)24)20(12)6-25-4-10(27-9(3)23)5-26-8(2)22/h10H,4-6H2,1-3H3,(H3,16,18,19,24). The minimum atomic E-state index is -0.844. The van der Waals surface area contributed by atoms with E-state index in [2.05, 4.69) is 15.0 Å². The molecule has 1 unspecified atom stereocenters. The Balaban J connectivity index is 2.20. The summed E-state index contributed by atoms with van der Waals surface area (Å²) in [5, 5.41) is 0. The smallest absolute Gasteiger partial charge is 0.303 e. The number of hydrogen-bond donors (Lipinski definition) is 2. The highest BCUT2D eigenvalue weighted by Gasteiger charge is 2.20. The topological polar surface area (TPSA) is 168 Å². The lowest BCUT2D eigenvalue weighted by atomic mass is 10.4. The molecule has 0 saturated heterocycles. The fraction of sp³-hybridized carbons (Fsp3) is 0.467. The van der Waals surface area contributed by atoms with Crippen molar-refractivity contribution < 1.29 is 28.6 Å². The summed E-state index contributed by atoms with van der Waals surface area (Å²) in [5.41, 5.74) is 4.96. The molecule has 2 aromatic rings. The molecule has 2 aromatic heterocycles. The van der Waals surface area contributed by atoms with E-state index in [1.807, 2.05) is 0 Å². The number of aromatic amines is 1. The molecular formula is C15H19N5O7. The Labute approximate surface area is 152 Å². The monoisotopic (exact) mass is 381 g/mol. The van der Waals surface area contributed by atoms with Crippen molar-refractivity contribution in [2.75, 3.05) is 18.9 Å². The van der Waals surface area contributed by atoms with E-state index in [1.165, 1.54) is 25.3 Å². The molecule has 0 saturated carbocycles. The van der Waals surface area contributed by atoms with Gasteiger partial charge in [-0.05, 0) is 0 Å². The van der Waals surface area contributed by atoms with E-state index in [-0.39, 0.29) is 42.9 Å². The molecule has 0 radical (unpaired) electrons. The van der Waals surface area contributed by atoms with Crippen LogP contribution in [0.1, 0.15) is 31.4 Å². The number of Topliss-reactive ketones (excluding diaryl/α,β-unsaturated/α-hetero) is 1. The number of anilines is 1. The number of carbonyl (C=O) groups is 3. The number of nitrogens with one attached hydrogen (secondary N) is 1. The van der Waals surface area contributed by atoms with Crippen molar-refractivity contribution in [2.45, 2.75) is 33.6 Å². The van der Waals surface area contributed by atoms with E-state index < -0.39 is 29.4 Å². The third-order valence-corrected chi connectivity index (χ3v) is 3.27. The number of aromatic nitrogens is 4. The average Bonchev–Trinajstić information content (AvgIpc) is 2.91. The summed E-state index contributed by atoms with van der Waals surface area (Å²) < 4.78 is 16.6. The molecule has 0 amide bonds. The summed E-state index contributed by atoms with van der Waals surface area (Å²) in [6, 6.07) is 0. The number of fused-ring (bicyclic) bond motifs is 1. The molecular weight excluding hydrogens is 362 g/mol. The van der Waals surface area contributed by atoms with Gasteiger partial charge < -0.3 is 19.9 Å². The van der Waals surface area contributed by atoms with Gasteiger partial charge in [0.1, 0.15) is 13.3 Å². The van der Waals surface area contributed by atoms with E-state index in [4.69, 9.17) is 19.9 Å². The van der Waals surface area contributed by atoms with E-state index in [0.717, 1.165) is 0 Å². The Hall–Kier alpha value is -3.28. The van der Waals surface area contributed by atoms with Crippen LogP contribution in [0.15, 0.2) is 4.79 Å². The molecule has 0 spiro atoms. The lowest BCUT2D eigenvalue weighted by molar-refractivity contribution is -0.160. The maximum Gasteiger partial charge on any atom is 0.303 e. The third kappa shape index (κ3) is 5.10. The number of H-pyrrole nitrogens is 1. The Kier molecular flexibility index (Phi) is 6.23. The van der Waals surface area contributed by atoms with Crippen molar-refractivity contribution in [2.24, 2.45) is 0 Å². The number of rotatable bonds is 8. The first-order chi connectivity index (χ1) is 12.7. The minimum Gasteiger partial charge on any atom is -0.462 e. The van der Waals surface area contributed by atoms with Gasteiger partial charge in [0.2, 0.25) is 5.95 Å². The summed E-state index contributed by atoms with van der Waals surface area (Å²) in [6.07, 6.45) is -0.844. The van der Waals surface area contributed by atoms with Gasteiger partial charge >= 0.3 is 11.9 Å². The van der Waals surface area contributed by atoms with Gasteiger partial charge in [0, 0.05) is 20.8 Å². The van der Waals surface area contributed by atoms with E-state index in [9.17, 15) is 19.2 Å². The number of ether oxygens (including phenoxy) is 3. The minimum absolute atomic E-state index is 0.0439. The highest BCUT2D eigenvalue weighted by atomic mass is 16.6. The van der Waals surface area contributed by atoms with Gasteiger partial charge in [-0.1, -0.05) is 0 Å². The molecule has 2 heterocycles. The number of hydrogen-bond acceptors (Lipinski definition) is 10. The van der Waals surface area contributed by atoms with Crippen LogP contribution in [0, 0.1) is 0 Å². The van der Waals surface area contributed by atoms with Crippen molar-refractivity contribution in [3.8, 4) is 0 Å². The highest BCUT2D eigenvalue weighted by Crippen LogP contribution is 2.13. The summed E-state index contributed by atoms with van der Waals surface area (Å²) in [4.78, 5) is 56.1. The number of carbonyl (C=O) groups excluding carboxylic acids is 3. The number of nitrogens with two attached hydrogens (primary N) is 1. The zero-order chi connectivity index (χ0) is 20.1. The van der Waals surface area contributed by atoms with E-state index in [1.54, 1.807) is 0 Å². The predicted octanol–water partition coefficient (Wildman–Crippen LogP) is -0.627. The van der Waals surface area contributed by atoms with Crippen LogP contribution in [0.4, 0.5) is 5.95 Å². The molecule has 2 rings (SSSR count). The van der Waals surface area contributed by atoms with Crippen LogP contribution < -0.4 is 11.3 Å². The molecule has 0 aliphatic carbocycles. The number of nitrogens with zero attached hydrogens (tertiary/aromatic N) is 3. The van der Waals surface area contributed by atoms with Gasteiger partial charge in [-0.15, -0.1) is 0 Å². The maximum atomic E-state index is 11.9. The zero-order valence-electron chi connectivity index (χ0n) is 15.0. The Morgan fingerprint density at radius 1 is 1.15 bits per heavy atom. The van der Waals surface area contributed by atoms with Crippen LogP contribution in [0.25, 0.3) is 11.2 Å². The van der Waals surface area contributed by atoms with Gasteiger partial charge in [-0.2, -0.15) is 4.98 Å². The third-order valence-electron chi connectivity index (χ3n) is 3.27. The number of esters is 2. The normalized spacial score (nSPS) is 12.0. The molecule has 12 nitrogen and oxygen atoms in total. The Bertz CT molecular complexity index is 933. The van der Waals surface area contributed by atoms with Crippen molar-refractivity contribution in [3.05, 3.63) is 16.2 Å². The Morgan fingerprint density at radius 2 is 1.85 bits per heavy atom. The summed E-state index contributed by atoms with van der Waals surface area (Å²) in [7, 11) is 0. The largest absolute Gasteiger partial charge is 0.462 e. The average molecular weight is 381 g/mol. The SMILES string of the molecule is CC(=O)OCC(COCn1c(C(C)=O)nc2c(=O)[nH]c(N)nc21)OC(C)=O. The molecule has 0 aliphatic heterocycles. The fourth-order valence-electron chi connectivity index (χ4n) is 2.26. The summed E-state index contributed by atoms with van der Waals surface area (Å²) >= 11 is 0. The Morgan fingerprint density at radius 3 is 2.44 bits per heavy atom. The first-order valence-electron chi connectivity index (χ1n) is 7.84. The molecule has 12 heteroatoms. The first kappa shape index (κ1) is 20.0. The van der Waals surface area contributed by atoms with Crippen molar-refractivity contribution in [1.29, 1.82) is 0 Å². The zero-order valence-corrected chi connectivity index (χ0v) is 15.0. The number of nitrogen functional groups attached to an aromatic ring is 1. The second-order valence-electron chi connectivity index (χ2n) is 5.58. The van der Waals surface area contributed by atoms with Crippen molar-refractivity contribution >= 4 is 34.8 Å². The molecule has 0 aromatic carbocycles. The van der Waals surface area contributed by atoms with Gasteiger partial charge in [0.05, 0.1) is 6.61 Å². The second-order valence-corrected chi connectivity index (χ2v) is 5.58. The fourth-order valence-corrected chi connectivity index (χ4v) is 2.26. The molecule has 146 valence electrons. The van der Waals surface area contributed by atoms with Crippen molar-refractivity contribution in [1.82, 2.24) is 19.5 Å².